The number of thioether (sulfide) groups is 1. The van der Waals surface area contributed by atoms with E-state index >= 15 is 0 Å². The summed E-state index contributed by atoms with van der Waals surface area (Å²) >= 11 is 1.38. The smallest absolute Gasteiger partial charge is 0.272 e. The summed E-state index contributed by atoms with van der Waals surface area (Å²) < 4.78 is 10.7. The predicted molar refractivity (Wildman–Crippen MR) is 181 cm³/mol. The van der Waals surface area contributed by atoms with Crippen LogP contribution in [0.5, 0.6) is 11.5 Å². The van der Waals surface area contributed by atoms with Gasteiger partial charge >= 0.3 is 0 Å². The molecule has 232 valence electrons. The molecule has 45 heavy (non-hydrogen) atoms. The van der Waals surface area contributed by atoms with Crippen LogP contribution < -0.4 is 25.4 Å². The number of nitrogens with one attached hydrogen (secondary N) is 3. The van der Waals surface area contributed by atoms with Gasteiger partial charge in [0.2, 0.25) is 5.91 Å². The van der Waals surface area contributed by atoms with Crippen molar-refractivity contribution in [3.8, 4) is 11.5 Å². The van der Waals surface area contributed by atoms with Crippen LogP contribution in [0.3, 0.4) is 0 Å². The van der Waals surface area contributed by atoms with E-state index in [9.17, 15) is 14.4 Å². The lowest BCUT2D eigenvalue weighted by Crippen LogP contribution is -2.30. The Bertz CT molecular complexity index is 1700. The van der Waals surface area contributed by atoms with Gasteiger partial charge in [0, 0.05) is 21.8 Å². The van der Waals surface area contributed by atoms with Gasteiger partial charge in [0.25, 0.3) is 11.8 Å². The summed E-state index contributed by atoms with van der Waals surface area (Å²) in [6.45, 7) is 5.89. The molecule has 3 amide bonds. The van der Waals surface area contributed by atoms with Crippen molar-refractivity contribution in [2.75, 3.05) is 24.9 Å². The topological polar surface area (TPSA) is 106 Å². The van der Waals surface area contributed by atoms with Crippen molar-refractivity contribution in [2.24, 2.45) is 0 Å². The second kappa shape index (κ2) is 15.6. The number of hydrogen-bond acceptors (Lipinski definition) is 6. The van der Waals surface area contributed by atoms with Crippen molar-refractivity contribution in [3.05, 3.63) is 119 Å². The lowest BCUT2D eigenvalue weighted by atomic mass is 10.1. The zero-order chi connectivity index (χ0) is 32.3. The Labute approximate surface area is 268 Å². The molecule has 0 spiro atoms. The van der Waals surface area contributed by atoms with E-state index in [2.05, 4.69) is 22.9 Å². The normalized spacial score (nSPS) is 11.7. The van der Waals surface area contributed by atoms with Crippen molar-refractivity contribution in [3.63, 3.8) is 0 Å². The quantitative estimate of drug-likeness (QED) is 0.115. The van der Waals surface area contributed by atoms with Gasteiger partial charge in [0.05, 0.1) is 19.5 Å². The van der Waals surface area contributed by atoms with Crippen molar-refractivity contribution >= 4 is 46.9 Å². The first kappa shape index (κ1) is 32.9. The molecule has 0 bridgehead atoms. The summed E-state index contributed by atoms with van der Waals surface area (Å²) in [7, 11) is 3.06. The molecule has 0 aliphatic carbocycles. The number of rotatable bonds is 12. The molecule has 3 N–H and O–H groups in total. The Hall–Kier alpha value is -5.02. The molecule has 0 saturated carbocycles. The molecule has 4 aromatic carbocycles. The van der Waals surface area contributed by atoms with Crippen LogP contribution in [0.15, 0.2) is 102 Å². The molecule has 4 aromatic rings. The summed E-state index contributed by atoms with van der Waals surface area (Å²) in [4.78, 5) is 40.5. The highest BCUT2D eigenvalue weighted by atomic mass is 32.2. The average molecular weight is 624 g/mol. The molecule has 0 heterocycles. The summed E-state index contributed by atoms with van der Waals surface area (Å²) in [5, 5.41) is 8.32. The molecule has 1 atom stereocenters. The number of para-hydroxylation sites is 1. The van der Waals surface area contributed by atoms with Gasteiger partial charge in [0.15, 0.2) is 11.5 Å². The second-order valence-electron chi connectivity index (χ2n) is 10.2. The molecule has 0 fully saturated rings. The number of methoxy groups -OCH3 is 2. The molecule has 9 heteroatoms. The number of carbonyl (C=O) groups is 3. The van der Waals surface area contributed by atoms with Gasteiger partial charge in [-0.25, -0.2) is 0 Å². The first-order chi connectivity index (χ1) is 21.7. The lowest BCUT2D eigenvalue weighted by molar-refractivity contribution is -0.115. The largest absolute Gasteiger partial charge is 0.493 e. The fourth-order valence-corrected chi connectivity index (χ4v) is 5.51. The van der Waals surface area contributed by atoms with E-state index < -0.39 is 17.1 Å². The van der Waals surface area contributed by atoms with Crippen LogP contribution in [-0.2, 0) is 16.0 Å². The highest BCUT2D eigenvalue weighted by molar-refractivity contribution is 8.00. The minimum atomic E-state index is -0.520. The summed E-state index contributed by atoms with van der Waals surface area (Å²) in [6, 6.07) is 27.1. The van der Waals surface area contributed by atoms with E-state index in [1.807, 2.05) is 44.2 Å². The Morgan fingerprint density at radius 2 is 1.58 bits per heavy atom. The third-order valence-electron chi connectivity index (χ3n) is 7.01. The summed E-state index contributed by atoms with van der Waals surface area (Å²) in [5.74, 6) is -0.0371. The van der Waals surface area contributed by atoms with E-state index in [-0.39, 0.29) is 11.6 Å². The summed E-state index contributed by atoms with van der Waals surface area (Å²) in [6.07, 6.45) is 2.38. The van der Waals surface area contributed by atoms with Crippen LogP contribution in [0.25, 0.3) is 6.08 Å². The first-order valence-electron chi connectivity index (χ1n) is 14.5. The number of aryl methyl sites for hydroxylation is 2. The van der Waals surface area contributed by atoms with Gasteiger partial charge in [-0.05, 0) is 85.5 Å². The number of anilines is 2. The van der Waals surface area contributed by atoms with E-state index in [0.717, 1.165) is 28.1 Å². The minimum Gasteiger partial charge on any atom is -0.493 e. The monoisotopic (exact) mass is 623 g/mol. The van der Waals surface area contributed by atoms with Gasteiger partial charge in [-0.3, -0.25) is 14.4 Å². The van der Waals surface area contributed by atoms with E-state index in [0.29, 0.717) is 28.3 Å². The van der Waals surface area contributed by atoms with Gasteiger partial charge in [0.1, 0.15) is 5.70 Å². The number of amides is 3. The van der Waals surface area contributed by atoms with Crippen molar-refractivity contribution < 1.29 is 23.9 Å². The molecule has 8 nitrogen and oxygen atoms in total. The maximum Gasteiger partial charge on any atom is 0.272 e. The molecule has 0 radical (unpaired) electrons. The fraction of sp³-hybridized carbons (Fsp3) is 0.194. The van der Waals surface area contributed by atoms with Crippen molar-refractivity contribution in [2.45, 2.75) is 37.3 Å². The maximum absolute atomic E-state index is 13.6. The minimum absolute atomic E-state index is 0.0341. The van der Waals surface area contributed by atoms with Gasteiger partial charge in [-0.2, -0.15) is 0 Å². The highest BCUT2D eigenvalue weighted by Crippen LogP contribution is 2.30. The molecule has 0 aliphatic rings. The van der Waals surface area contributed by atoms with E-state index in [1.165, 1.54) is 26.0 Å². The average Bonchev–Trinajstić information content (AvgIpc) is 3.05. The van der Waals surface area contributed by atoms with E-state index in [4.69, 9.17) is 9.47 Å². The highest BCUT2D eigenvalue weighted by Gasteiger charge is 2.19. The third kappa shape index (κ3) is 8.77. The van der Waals surface area contributed by atoms with Crippen LogP contribution in [0.1, 0.15) is 40.9 Å². The summed E-state index contributed by atoms with van der Waals surface area (Å²) in [5.41, 5.74) is 4.53. The number of ether oxygens (including phenoxy) is 2. The molecular formula is C36H37N3O5S. The fourth-order valence-electron chi connectivity index (χ4n) is 4.58. The number of carbonyl (C=O) groups excluding carboxylic acids is 3. The molecule has 0 aliphatic heterocycles. The Morgan fingerprint density at radius 1 is 0.844 bits per heavy atom. The molecule has 0 aromatic heterocycles. The van der Waals surface area contributed by atoms with Crippen molar-refractivity contribution in [1.29, 1.82) is 0 Å². The Balaban J connectivity index is 1.53. The maximum atomic E-state index is 13.6. The lowest BCUT2D eigenvalue weighted by Gasteiger charge is -2.17. The van der Waals surface area contributed by atoms with Gasteiger partial charge < -0.3 is 25.4 Å². The van der Waals surface area contributed by atoms with Gasteiger partial charge in [-0.1, -0.05) is 55.5 Å². The molecule has 4 rings (SSSR count). The van der Waals surface area contributed by atoms with Crippen LogP contribution in [0, 0.1) is 6.92 Å². The number of benzene rings is 4. The molecule has 1 unspecified atom stereocenters. The zero-order valence-electron chi connectivity index (χ0n) is 26.0. The molecule has 0 saturated heterocycles. The van der Waals surface area contributed by atoms with Crippen LogP contribution in [0.4, 0.5) is 11.4 Å². The zero-order valence-corrected chi connectivity index (χ0v) is 26.8. The SMILES string of the molecule is CCc1cccc(C)c1NC(=O)C(C)Sc1cccc(NC(=O)/C(=C\c2ccc(OC)c(OC)c2)NC(=O)c2ccccc2)c1. The van der Waals surface area contributed by atoms with Crippen LogP contribution in [0.2, 0.25) is 0 Å². The van der Waals surface area contributed by atoms with Gasteiger partial charge in [-0.15, -0.1) is 11.8 Å². The third-order valence-corrected chi connectivity index (χ3v) is 8.10. The predicted octanol–water partition coefficient (Wildman–Crippen LogP) is 7.10. The van der Waals surface area contributed by atoms with Crippen LogP contribution >= 0.6 is 11.8 Å². The Morgan fingerprint density at radius 3 is 2.29 bits per heavy atom. The Kier molecular flexibility index (Phi) is 11.4. The standard InChI is InChI=1S/C36H37N3O5S/c1-6-26-15-10-12-23(2)33(26)39-34(40)24(3)45-29-17-11-16-28(22-29)37-36(42)30(38-35(41)27-13-8-7-9-14-27)20-25-18-19-31(43-4)32(21-25)44-5/h7-22,24H,6H2,1-5H3,(H,37,42)(H,38,41)(H,39,40)/b30-20+. The van der Waals surface area contributed by atoms with Crippen molar-refractivity contribution in [1.82, 2.24) is 5.32 Å². The first-order valence-corrected chi connectivity index (χ1v) is 15.4. The number of hydrogen-bond donors (Lipinski definition) is 3. The van der Waals surface area contributed by atoms with Crippen LogP contribution in [-0.4, -0.2) is 37.2 Å². The second-order valence-corrected chi connectivity index (χ2v) is 11.6. The van der Waals surface area contributed by atoms with E-state index in [1.54, 1.807) is 66.7 Å². The molecular weight excluding hydrogens is 586 g/mol.